The normalized spacial score (nSPS) is 20.0. The molecule has 2 aliphatic heterocycles. The number of rotatable bonds is 6. The molecule has 0 N–H and O–H groups in total. The van der Waals surface area contributed by atoms with E-state index in [0.717, 1.165) is 41.9 Å². The minimum Gasteiger partial charge on any atom is -0.497 e. The van der Waals surface area contributed by atoms with Crippen molar-refractivity contribution < 1.29 is 18.8 Å². The lowest BCUT2D eigenvalue weighted by Crippen LogP contribution is -2.41. The lowest BCUT2D eigenvalue weighted by atomic mass is 9.75. The van der Waals surface area contributed by atoms with E-state index in [0.29, 0.717) is 13.2 Å². The van der Waals surface area contributed by atoms with E-state index in [1.807, 2.05) is 24.3 Å². The van der Waals surface area contributed by atoms with Crippen LogP contribution >= 0.6 is 0 Å². The second-order valence-corrected chi connectivity index (χ2v) is 8.92. The number of ether oxygens (including phenoxy) is 2. The van der Waals surface area contributed by atoms with Gasteiger partial charge in [0.15, 0.2) is 0 Å². The summed E-state index contributed by atoms with van der Waals surface area (Å²) in [6.45, 7) is 10.2. The van der Waals surface area contributed by atoms with Crippen molar-refractivity contribution in [1.29, 1.82) is 0 Å². The molecular formula is C22H31BN2O4. The van der Waals surface area contributed by atoms with Crippen LogP contribution in [0, 0.1) is 0 Å². The highest BCUT2D eigenvalue weighted by Crippen LogP contribution is 2.37. The predicted octanol–water partition coefficient (Wildman–Crippen LogP) is 3.24. The Balaban J connectivity index is 1.53. The zero-order valence-corrected chi connectivity index (χ0v) is 18.2. The first-order chi connectivity index (χ1) is 13.8. The third kappa shape index (κ3) is 3.96. The summed E-state index contributed by atoms with van der Waals surface area (Å²) < 4.78 is 26.1. The van der Waals surface area contributed by atoms with Gasteiger partial charge in [0.05, 0.1) is 37.2 Å². The van der Waals surface area contributed by atoms with Gasteiger partial charge in [0, 0.05) is 17.7 Å². The fourth-order valence-electron chi connectivity index (χ4n) is 3.90. The smallest absolute Gasteiger partial charge is 0.497 e. The Morgan fingerprint density at radius 2 is 1.72 bits per heavy atom. The van der Waals surface area contributed by atoms with Gasteiger partial charge in [-0.2, -0.15) is 5.10 Å². The fourth-order valence-corrected chi connectivity index (χ4v) is 3.90. The molecule has 0 spiro atoms. The molecule has 7 heteroatoms. The molecule has 1 saturated heterocycles. The van der Waals surface area contributed by atoms with Gasteiger partial charge in [-0.3, -0.25) is 4.68 Å². The van der Waals surface area contributed by atoms with Crippen molar-refractivity contribution in [3.05, 3.63) is 41.2 Å². The molecule has 1 aromatic carbocycles. The third-order valence-corrected chi connectivity index (χ3v) is 6.36. The van der Waals surface area contributed by atoms with Crippen LogP contribution in [0.2, 0.25) is 0 Å². The number of benzene rings is 1. The van der Waals surface area contributed by atoms with Crippen molar-refractivity contribution in [3.8, 4) is 5.75 Å². The standard InChI is InChI=1S/C22H31BN2O4/c1-21(2)22(3,4)29-23(28-21)20-18(24-25-13-7-6-8-19(20)25)15-27-14-16-9-11-17(26-5)12-10-16/h9-12H,6-8,13-15H2,1-5H3. The van der Waals surface area contributed by atoms with Crippen LogP contribution in [0.3, 0.4) is 0 Å². The molecule has 2 aromatic rings. The molecule has 0 atom stereocenters. The maximum Gasteiger partial charge on any atom is 0.498 e. The van der Waals surface area contributed by atoms with E-state index in [4.69, 9.17) is 23.9 Å². The summed E-state index contributed by atoms with van der Waals surface area (Å²) in [7, 11) is 1.27. The predicted molar refractivity (Wildman–Crippen MR) is 112 cm³/mol. The fraction of sp³-hybridized carbons (Fsp3) is 0.591. The van der Waals surface area contributed by atoms with Crippen LogP contribution in [0.15, 0.2) is 24.3 Å². The second kappa shape index (κ2) is 7.78. The summed E-state index contributed by atoms with van der Waals surface area (Å²) in [5.74, 6) is 0.846. The van der Waals surface area contributed by atoms with E-state index in [1.54, 1.807) is 7.11 Å². The molecule has 1 fully saturated rings. The second-order valence-electron chi connectivity index (χ2n) is 8.92. The van der Waals surface area contributed by atoms with Gasteiger partial charge >= 0.3 is 7.12 Å². The molecule has 0 aliphatic carbocycles. The highest BCUT2D eigenvalue weighted by atomic mass is 16.7. The Hall–Kier alpha value is -1.83. The van der Waals surface area contributed by atoms with Gasteiger partial charge in [0.1, 0.15) is 5.75 Å². The highest BCUT2D eigenvalue weighted by Gasteiger charge is 2.53. The number of hydrogen-bond acceptors (Lipinski definition) is 5. The number of aromatic nitrogens is 2. The molecular weight excluding hydrogens is 367 g/mol. The molecule has 0 unspecified atom stereocenters. The van der Waals surface area contributed by atoms with Crippen LogP contribution in [0.5, 0.6) is 5.75 Å². The zero-order chi connectivity index (χ0) is 20.6. The quantitative estimate of drug-likeness (QED) is 0.700. The Labute approximate surface area is 173 Å². The maximum atomic E-state index is 6.36. The summed E-state index contributed by atoms with van der Waals surface area (Å²) in [5, 5.41) is 4.86. The zero-order valence-electron chi connectivity index (χ0n) is 18.2. The molecule has 6 nitrogen and oxygen atoms in total. The van der Waals surface area contributed by atoms with Crippen molar-refractivity contribution in [2.75, 3.05) is 7.11 Å². The maximum absolute atomic E-state index is 6.36. The number of methoxy groups -OCH3 is 1. The molecule has 4 rings (SSSR count). The van der Waals surface area contributed by atoms with Crippen LogP contribution in [-0.4, -0.2) is 35.2 Å². The Kier molecular flexibility index (Phi) is 5.49. The van der Waals surface area contributed by atoms with Gasteiger partial charge in [-0.25, -0.2) is 0 Å². The minimum atomic E-state index is -0.401. The van der Waals surface area contributed by atoms with Crippen LogP contribution < -0.4 is 10.2 Å². The van der Waals surface area contributed by atoms with Crippen LogP contribution in [0.25, 0.3) is 0 Å². The number of nitrogens with zero attached hydrogens (tertiary/aromatic N) is 2. The largest absolute Gasteiger partial charge is 0.498 e. The highest BCUT2D eigenvalue weighted by molar-refractivity contribution is 6.63. The van der Waals surface area contributed by atoms with Crippen molar-refractivity contribution in [3.63, 3.8) is 0 Å². The lowest BCUT2D eigenvalue weighted by molar-refractivity contribution is 0.00578. The lowest BCUT2D eigenvalue weighted by Gasteiger charge is -2.32. The number of fused-ring (bicyclic) bond motifs is 1. The van der Waals surface area contributed by atoms with Crippen molar-refractivity contribution in [2.24, 2.45) is 0 Å². The molecule has 156 valence electrons. The Bertz CT molecular complexity index is 844. The van der Waals surface area contributed by atoms with E-state index in [1.165, 1.54) is 12.1 Å². The number of hydrogen-bond donors (Lipinski definition) is 0. The molecule has 29 heavy (non-hydrogen) atoms. The van der Waals surface area contributed by atoms with Crippen molar-refractivity contribution in [2.45, 2.75) is 77.9 Å². The van der Waals surface area contributed by atoms with Gasteiger partial charge in [-0.1, -0.05) is 12.1 Å². The average Bonchev–Trinajstić information content (AvgIpc) is 3.15. The molecule has 0 amide bonds. The van der Waals surface area contributed by atoms with E-state index < -0.39 is 7.12 Å². The summed E-state index contributed by atoms with van der Waals surface area (Å²) in [6, 6.07) is 7.94. The van der Waals surface area contributed by atoms with E-state index in [9.17, 15) is 0 Å². The molecule has 3 heterocycles. The Morgan fingerprint density at radius 1 is 1.03 bits per heavy atom. The Morgan fingerprint density at radius 3 is 2.38 bits per heavy atom. The molecule has 0 saturated carbocycles. The summed E-state index contributed by atoms with van der Waals surface area (Å²) in [5.41, 5.74) is 3.59. The van der Waals surface area contributed by atoms with Gasteiger partial charge in [0.25, 0.3) is 0 Å². The first kappa shape index (κ1) is 20.4. The number of aryl methyl sites for hydroxylation is 1. The van der Waals surface area contributed by atoms with Crippen molar-refractivity contribution in [1.82, 2.24) is 9.78 Å². The average molecular weight is 398 g/mol. The summed E-state index contributed by atoms with van der Waals surface area (Å²) in [4.78, 5) is 0. The van der Waals surface area contributed by atoms with Gasteiger partial charge in [-0.15, -0.1) is 0 Å². The van der Waals surface area contributed by atoms with Crippen LogP contribution in [-0.2, 0) is 40.2 Å². The topological polar surface area (TPSA) is 54.7 Å². The molecule has 1 aromatic heterocycles. The van der Waals surface area contributed by atoms with E-state index in [-0.39, 0.29) is 11.2 Å². The SMILES string of the molecule is COc1ccc(COCc2nn3c(c2B2OC(C)(C)C(C)(C)O2)CCCC3)cc1. The summed E-state index contributed by atoms with van der Waals surface area (Å²) >= 11 is 0. The minimum absolute atomic E-state index is 0.373. The monoisotopic (exact) mass is 398 g/mol. The van der Waals surface area contributed by atoms with E-state index in [2.05, 4.69) is 32.4 Å². The van der Waals surface area contributed by atoms with E-state index >= 15 is 0 Å². The first-order valence-electron chi connectivity index (χ1n) is 10.5. The van der Waals surface area contributed by atoms with Crippen LogP contribution in [0.1, 0.15) is 57.5 Å². The first-order valence-corrected chi connectivity index (χ1v) is 10.5. The molecule has 0 radical (unpaired) electrons. The van der Waals surface area contributed by atoms with Gasteiger partial charge in [-0.05, 0) is 64.7 Å². The molecule has 0 bridgehead atoms. The van der Waals surface area contributed by atoms with Gasteiger partial charge in [0.2, 0.25) is 0 Å². The summed E-state index contributed by atoms with van der Waals surface area (Å²) in [6.07, 6.45) is 3.33. The van der Waals surface area contributed by atoms with Crippen molar-refractivity contribution >= 4 is 12.6 Å². The third-order valence-electron chi connectivity index (χ3n) is 6.36. The van der Waals surface area contributed by atoms with Crippen LogP contribution in [0.4, 0.5) is 0 Å². The molecule has 2 aliphatic rings. The van der Waals surface area contributed by atoms with Gasteiger partial charge < -0.3 is 18.8 Å².